The van der Waals surface area contributed by atoms with Crippen molar-refractivity contribution in [2.75, 3.05) is 13.1 Å². The van der Waals surface area contributed by atoms with Crippen LogP contribution in [0.4, 0.5) is 0 Å². The fraction of sp³-hybridized carbons (Fsp3) is 0.562. The van der Waals surface area contributed by atoms with Gasteiger partial charge in [-0.1, -0.05) is 37.1 Å². The predicted molar refractivity (Wildman–Crippen MR) is 83.4 cm³/mol. The Balaban J connectivity index is 1.60. The first-order valence-corrected chi connectivity index (χ1v) is 7.86. The summed E-state index contributed by atoms with van der Waals surface area (Å²) in [7, 11) is 0. The monoisotopic (exact) mass is 274 g/mol. The Morgan fingerprint density at radius 1 is 1.05 bits per heavy atom. The van der Waals surface area contributed by atoms with Gasteiger partial charge in [-0.25, -0.2) is 0 Å². The molecule has 102 valence electrons. The summed E-state index contributed by atoms with van der Waals surface area (Å²) in [6.45, 7) is 2.10. The summed E-state index contributed by atoms with van der Waals surface area (Å²) < 4.78 is 0. The maximum atomic E-state index is 5.60. The third-order valence-corrected chi connectivity index (χ3v) is 4.77. The van der Waals surface area contributed by atoms with Crippen LogP contribution in [0.2, 0.25) is 0 Å². The van der Waals surface area contributed by atoms with Crippen LogP contribution in [0.25, 0.3) is 0 Å². The topological polar surface area (TPSA) is 15.3 Å². The highest BCUT2D eigenvalue weighted by Gasteiger charge is 2.20. The van der Waals surface area contributed by atoms with Crippen molar-refractivity contribution in [1.82, 2.24) is 10.2 Å². The average Bonchev–Trinajstić information content (AvgIpc) is 2.83. The molecule has 0 atom stereocenters. The summed E-state index contributed by atoms with van der Waals surface area (Å²) in [5, 5.41) is 4.53. The maximum absolute atomic E-state index is 5.60. The van der Waals surface area contributed by atoms with Crippen molar-refractivity contribution in [2.45, 2.75) is 44.6 Å². The number of nitrogens with one attached hydrogen (secondary N) is 1. The van der Waals surface area contributed by atoms with Gasteiger partial charge in [-0.2, -0.15) is 0 Å². The van der Waals surface area contributed by atoms with Crippen LogP contribution >= 0.6 is 12.2 Å². The average molecular weight is 274 g/mol. The van der Waals surface area contributed by atoms with Gasteiger partial charge >= 0.3 is 0 Å². The lowest BCUT2D eigenvalue weighted by molar-refractivity contribution is 0.421. The smallest absolute Gasteiger partial charge is 0.169 e. The summed E-state index contributed by atoms with van der Waals surface area (Å²) in [4.78, 5) is 2.35. The van der Waals surface area contributed by atoms with Crippen LogP contribution in [0, 0.1) is 0 Å². The number of nitrogens with zero attached hydrogens (tertiary/aromatic N) is 1. The minimum Gasteiger partial charge on any atom is -0.360 e. The van der Waals surface area contributed by atoms with Gasteiger partial charge in [0.05, 0.1) is 0 Å². The van der Waals surface area contributed by atoms with Crippen molar-refractivity contribution < 1.29 is 0 Å². The quantitative estimate of drug-likeness (QED) is 0.793. The van der Waals surface area contributed by atoms with E-state index in [0.717, 1.165) is 31.0 Å². The lowest BCUT2D eigenvalue weighted by Gasteiger charge is -2.26. The van der Waals surface area contributed by atoms with Gasteiger partial charge in [0.15, 0.2) is 5.11 Å². The molecular formula is C16H22N2S. The Bertz CT molecular complexity index is 425. The van der Waals surface area contributed by atoms with Gasteiger partial charge in [0.25, 0.3) is 0 Å². The molecule has 1 saturated carbocycles. The van der Waals surface area contributed by atoms with Gasteiger partial charge < -0.3 is 10.2 Å². The molecule has 1 N–H and O–H groups in total. The van der Waals surface area contributed by atoms with Gasteiger partial charge in [-0.3, -0.25) is 0 Å². The van der Waals surface area contributed by atoms with Crippen LogP contribution in [-0.2, 0) is 12.8 Å². The molecule has 2 nitrogen and oxygen atoms in total. The molecule has 0 bridgehead atoms. The normalized spacial score (nSPS) is 19.9. The summed E-state index contributed by atoms with van der Waals surface area (Å²) >= 11 is 5.60. The number of thiocarbonyl (C=S) groups is 1. The van der Waals surface area contributed by atoms with Crippen molar-refractivity contribution in [3.05, 3.63) is 35.4 Å². The summed E-state index contributed by atoms with van der Waals surface area (Å²) in [6.07, 6.45) is 7.51. The molecular weight excluding hydrogens is 252 g/mol. The molecule has 2 aliphatic rings. The number of hydrogen-bond acceptors (Lipinski definition) is 1. The first-order chi connectivity index (χ1) is 9.33. The molecule has 19 heavy (non-hydrogen) atoms. The third kappa shape index (κ3) is 3.08. The highest BCUT2D eigenvalue weighted by Crippen LogP contribution is 2.19. The standard InChI is InChI=1S/C16H22N2S/c19-16(17-15-7-3-4-8-15)18-11-9-13-5-1-2-6-14(13)10-12-18/h1-2,5-6,15H,3-4,7-12H2,(H,17,19). The van der Waals surface area contributed by atoms with Crippen LogP contribution < -0.4 is 5.32 Å². The van der Waals surface area contributed by atoms with E-state index in [1.807, 2.05) is 0 Å². The third-order valence-electron chi connectivity index (χ3n) is 4.39. The molecule has 1 heterocycles. The van der Waals surface area contributed by atoms with Crippen LogP contribution in [0.3, 0.4) is 0 Å². The van der Waals surface area contributed by atoms with Crippen LogP contribution in [0.5, 0.6) is 0 Å². The Morgan fingerprint density at radius 2 is 1.63 bits per heavy atom. The first-order valence-electron chi connectivity index (χ1n) is 7.45. The number of benzene rings is 1. The van der Waals surface area contributed by atoms with Crippen molar-refractivity contribution in [3.8, 4) is 0 Å². The van der Waals surface area contributed by atoms with Gasteiger partial charge in [-0.15, -0.1) is 0 Å². The second kappa shape index (κ2) is 5.91. The largest absolute Gasteiger partial charge is 0.360 e. The molecule has 1 aromatic carbocycles. The Hall–Kier alpha value is -1.09. The van der Waals surface area contributed by atoms with E-state index in [4.69, 9.17) is 12.2 Å². The molecule has 0 aromatic heterocycles. The molecule has 1 aliphatic carbocycles. The van der Waals surface area contributed by atoms with Crippen molar-refractivity contribution >= 4 is 17.3 Å². The SMILES string of the molecule is S=C(NC1CCCC1)N1CCc2ccccc2CC1. The molecule has 0 unspecified atom stereocenters. The molecule has 0 saturated heterocycles. The first kappa shape index (κ1) is 12.9. The molecule has 3 heteroatoms. The minimum atomic E-state index is 0.623. The zero-order valence-electron chi connectivity index (χ0n) is 11.4. The van der Waals surface area contributed by atoms with E-state index in [1.54, 1.807) is 0 Å². The molecule has 1 aliphatic heterocycles. The molecule has 1 fully saturated rings. The van der Waals surface area contributed by atoms with Crippen molar-refractivity contribution in [3.63, 3.8) is 0 Å². The fourth-order valence-electron chi connectivity index (χ4n) is 3.21. The number of hydrogen-bond donors (Lipinski definition) is 1. The lowest BCUT2D eigenvalue weighted by Crippen LogP contribution is -2.44. The van der Waals surface area contributed by atoms with Crippen LogP contribution in [-0.4, -0.2) is 29.1 Å². The highest BCUT2D eigenvalue weighted by atomic mass is 32.1. The Morgan fingerprint density at radius 3 is 2.21 bits per heavy atom. The molecule has 0 amide bonds. The Kier molecular flexibility index (Phi) is 4.02. The molecule has 0 radical (unpaired) electrons. The van der Waals surface area contributed by atoms with E-state index in [0.29, 0.717) is 6.04 Å². The zero-order chi connectivity index (χ0) is 13.1. The molecule has 1 aromatic rings. The van der Waals surface area contributed by atoms with Crippen molar-refractivity contribution in [1.29, 1.82) is 0 Å². The lowest BCUT2D eigenvalue weighted by atomic mass is 10.0. The number of fused-ring (bicyclic) bond motifs is 1. The van der Waals surface area contributed by atoms with E-state index in [1.165, 1.54) is 36.8 Å². The van der Waals surface area contributed by atoms with E-state index >= 15 is 0 Å². The highest BCUT2D eigenvalue weighted by molar-refractivity contribution is 7.80. The van der Waals surface area contributed by atoms with E-state index < -0.39 is 0 Å². The molecule has 0 spiro atoms. The summed E-state index contributed by atoms with van der Waals surface area (Å²) in [6, 6.07) is 9.42. The zero-order valence-corrected chi connectivity index (χ0v) is 12.2. The van der Waals surface area contributed by atoms with Gasteiger partial charge in [0, 0.05) is 19.1 Å². The maximum Gasteiger partial charge on any atom is 0.169 e. The fourth-order valence-corrected chi connectivity index (χ4v) is 3.56. The van der Waals surface area contributed by atoms with Crippen molar-refractivity contribution in [2.24, 2.45) is 0 Å². The Labute approximate surface area is 121 Å². The molecule has 3 rings (SSSR count). The van der Waals surface area contributed by atoms with Crippen LogP contribution in [0.15, 0.2) is 24.3 Å². The second-order valence-corrected chi connectivity index (χ2v) is 6.07. The summed E-state index contributed by atoms with van der Waals surface area (Å²) in [5.74, 6) is 0. The predicted octanol–water partition coefficient (Wildman–Crippen LogP) is 2.90. The van der Waals surface area contributed by atoms with E-state index in [2.05, 4.69) is 34.5 Å². The van der Waals surface area contributed by atoms with E-state index in [-0.39, 0.29) is 0 Å². The van der Waals surface area contributed by atoms with Gasteiger partial charge in [-0.05, 0) is 49.0 Å². The van der Waals surface area contributed by atoms with Gasteiger partial charge in [0.1, 0.15) is 0 Å². The number of rotatable bonds is 1. The second-order valence-electron chi connectivity index (χ2n) is 5.69. The van der Waals surface area contributed by atoms with Crippen LogP contribution in [0.1, 0.15) is 36.8 Å². The summed E-state index contributed by atoms with van der Waals surface area (Å²) in [5.41, 5.74) is 2.99. The van der Waals surface area contributed by atoms with E-state index in [9.17, 15) is 0 Å². The minimum absolute atomic E-state index is 0.623. The van der Waals surface area contributed by atoms with Gasteiger partial charge in [0.2, 0.25) is 0 Å².